The van der Waals surface area contributed by atoms with Crippen molar-refractivity contribution in [1.29, 1.82) is 0 Å². The number of aromatic nitrogens is 2. The lowest BCUT2D eigenvalue weighted by atomic mass is 10.3. The van der Waals surface area contributed by atoms with Crippen molar-refractivity contribution in [3.63, 3.8) is 0 Å². The van der Waals surface area contributed by atoms with Gasteiger partial charge in [0.25, 0.3) is 0 Å². The van der Waals surface area contributed by atoms with Crippen LogP contribution in [0.5, 0.6) is 0 Å². The van der Waals surface area contributed by atoms with Crippen LogP contribution in [0.3, 0.4) is 0 Å². The van der Waals surface area contributed by atoms with Crippen LogP contribution in [0.4, 0.5) is 10.1 Å². The summed E-state index contributed by atoms with van der Waals surface area (Å²) in [6.45, 7) is 0.944. The van der Waals surface area contributed by atoms with Gasteiger partial charge in [0.1, 0.15) is 12.4 Å². The predicted molar refractivity (Wildman–Crippen MR) is 74.9 cm³/mol. The first-order valence-electron chi connectivity index (χ1n) is 6.38. The highest BCUT2D eigenvalue weighted by Crippen LogP contribution is 2.12. The molecule has 1 amide bonds. The Balaban J connectivity index is 1.91. The summed E-state index contributed by atoms with van der Waals surface area (Å²) in [5.41, 5.74) is 1.10. The summed E-state index contributed by atoms with van der Waals surface area (Å²) in [4.78, 5) is 16.0. The van der Waals surface area contributed by atoms with Gasteiger partial charge in [0.15, 0.2) is 0 Å². The van der Waals surface area contributed by atoms with Gasteiger partial charge in [-0.15, -0.1) is 0 Å². The molecule has 0 saturated heterocycles. The Morgan fingerprint density at radius 3 is 2.95 bits per heavy atom. The van der Waals surface area contributed by atoms with Gasteiger partial charge in [-0.2, -0.15) is 0 Å². The van der Waals surface area contributed by atoms with Crippen LogP contribution in [0.1, 0.15) is 5.69 Å². The number of carbonyl (C=O) groups is 1. The summed E-state index contributed by atoms with van der Waals surface area (Å²) < 4.78 is 15.1. The van der Waals surface area contributed by atoms with Gasteiger partial charge in [-0.05, 0) is 19.2 Å². The van der Waals surface area contributed by atoms with Gasteiger partial charge in [-0.25, -0.2) is 9.37 Å². The second-order valence-corrected chi connectivity index (χ2v) is 4.42. The van der Waals surface area contributed by atoms with E-state index in [1.54, 1.807) is 23.0 Å². The van der Waals surface area contributed by atoms with E-state index in [0.29, 0.717) is 0 Å². The van der Waals surface area contributed by atoms with Crippen LogP contribution < -0.4 is 10.6 Å². The third-order valence-electron chi connectivity index (χ3n) is 2.79. The number of rotatable bonds is 6. The number of imidazole rings is 1. The summed E-state index contributed by atoms with van der Waals surface area (Å²) in [7, 11) is 1.87. The van der Waals surface area contributed by atoms with E-state index in [4.69, 9.17) is 0 Å². The van der Waals surface area contributed by atoms with Crippen molar-refractivity contribution in [3.05, 3.63) is 48.3 Å². The molecule has 20 heavy (non-hydrogen) atoms. The number of carbonyl (C=O) groups excluding carboxylic acids is 1. The van der Waals surface area contributed by atoms with E-state index < -0.39 is 5.82 Å². The molecule has 0 bridgehead atoms. The lowest BCUT2D eigenvalue weighted by Gasteiger charge is -2.06. The fourth-order valence-corrected chi connectivity index (χ4v) is 1.79. The largest absolute Gasteiger partial charge is 0.328 e. The molecule has 2 N–H and O–H groups in total. The summed E-state index contributed by atoms with van der Waals surface area (Å²) in [6.07, 6.45) is 4.22. The molecule has 1 aromatic carbocycles. The second-order valence-electron chi connectivity index (χ2n) is 4.42. The molecular formula is C14H17FN4O. The van der Waals surface area contributed by atoms with E-state index in [0.717, 1.165) is 18.7 Å². The zero-order valence-electron chi connectivity index (χ0n) is 11.3. The van der Waals surface area contributed by atoms with Crippen LogP contribution in [0.2, 0.25) is 0 Å². The molecule has 0 aliphatic rings. The van der Waals surface area contributed by atoms with E-state index in [1.807, 2.05) is 13.2 Å². The zero-order chi connectivity index (χ0) is 14.4. The molecule has 0 saturated carbocycles. The number of hydrogen-bond acceptors (Lipinski definition) is 3. The topological polar surface area (TPSA) is 59.0 Å². The maximum absolute atomic E-state index is 13.4. The molecule has 0 aliphatic heterocycles. The molecule has 0 atom stereocenters. The van der Waals surface area contributed by atoms with Gasteiger partial charge in [0.2, 0.25) is 5.91 Å². The van der Waals surface area contributed by atoms with Gasteiger partial charge in [0, 0.05) is 19.2 Å². The van der Waals surface area contributed by atoms with Gasteiger partial charge in [-0.3, -0.25) is 4.79 Å². The standard InChI is InChI=1S/C14H17FN4O/c1-16-7-6-11-8-19(10-17-11)9-14(20)18-13-5-3-2-4-12(13)15/h2-5,8,10,16H,6-7,9H2,1H3,(H,18,20). The summed E-state index contributed by atoms with van der Waals surface area (Å²) >= 11 is 0. The molecule has 0 aliphatic carbocycles. The smallest absolute Gasteiger partial charge is 0.244 e. The number of nitrogens with zero attached hydrogens (tertiary/aromatic N) is 2. The molecule has 0 unspecified atom stereocenters. The number of nitrogens with one attached hydrogen (secondary N) is 2. The minimum Gasteiger partial charge on any atom is -0.328 e. The Bertz CT molecular complexity index is 582. The minimum atomic E-state index is -0.443. The first kappa shape index (κ1) is 14.2. The summed E-state index contributed by atoms with van der Waals surface area (Å²) in [5.74, 6) is -0.728. The van der Waals surface area contributed by atoms with Crippen molar-refractivity contribution in [2.45, 2.75) is 13.0 Å². The molecule has 2 rings (SSSR count). The van der Waals surface area contributed by atoms with E-state index in [-0.39, 0.29) is 18.1 Å². The third kappa shape index (κ3) is 3.89. The second kappa shape index (κ2) is 6.81. The van der Waals surface area contributed by atoms with Crippen molar-refractivity contribution in [2.75, 3.05) is 18.9 Å². The molecule has 1 heterocycles. The first-order chi connectivity index (χ1) is 9.69. The number of amides is 1. The van der Waals surface area contributed by atoms with Crippen LogP contribution in [0, 0.1) is 5.82 Å². The zero-order valence-corrected chi connectivity index (χ0v) is 11.3. The highest BCUT2D eigenvalue weighted by Gasteiger charge is 2.07. The van der Waals surface area contributed by atoms with Gasteiger partial charge in [-0.1, -0.05) is 12.1 Å². The minimum absolute atomic E-state index is 0.112. The molecule has 6 heteroatoms. The Kier molecular flexibility index (Phi) is 4.84. The van der Waals surface area contributed by atoms with E-state index in [9.17, 15) is 9.18 Å². The van der Waals surface area contributed by atoms with Crippen molar-refractivity contribution in [1.82, 2.24) is 14.9 Å². The van der Waals surface area contributed by atoms with Crippen molar-refractivity contribution >= 4 is 11.6 Å². The third-order valence-corrected chi connectivity index (χ3v) is 2.79. The molecule has 0 fully saturated rings. The number of hydrogen-bond donors (Lipinski definition) is 2. The van der Waals surface area contributed by atoms with Crippen LogP contribution in [-0.2, 0) is 17.8 Å². The molecule has 0 radical (unpaired) electrons. The lowest BCUT2D eigenvalue weighted by Crippen LogP contribution is -2.18. The Hall–Kier alpha value is -2.21. The fourth-order valence-electron chi connectivity index (χ4n) is 1.79. The Morgan fingerprint density at radius 2 is 2.20 bits per heavy atom. The maximum Gasteiger partial charge on any atom is 0.244 e. The Labute approximate surface area is 116 Å². The molecule has 106 valence electrons. The first-order valence-corrected chi connectivity index (χ1v) is 6.38. The van der Waals surface area contributed by atoms with Crippen molar-refractivity contribution < 1.29 is 9.18 Å². The van der Waals surface area contributed by atoms with E-state index >= 15 is 0 Å². The maximum atomic E-state index is 13.4. The lowest BCUT2D eigenvalue weighted by molar-refractivity contribution is -0.116. The number of anilines is 1. The summed E-state index contributed by atoms with van der Waals surface area (Å²) in [6, 6.07) is 6.09. The van der Waals surface area contributed by atoms with Crippen molar-refractivity contribution in [2.24, 2.45) is 0 Å². The van der Waals surface area contributed by atoms with Crippen LogP contribution in [0.25, 0.3) is 0 Å². The average molecular weight is 276 g/mol. The average Bonchev–Trinajstić information content (AvgIpc) is 2.86. The molecule has 5 nitrogen and oxygen atoms in total. The van der Waals surface area contributed by atoms with Gasteiger partial charge < -0.3 is 15.2 Å². The highest BCUT2D eigenvalue weighted by molar-refractivity contribution is 5.90. The predicted octanol–water partition coefficient (Wildman–Crippen LogP) is 1.42. The van der Waals surface area contributed by atoms with E-state index in [2.05, 4.69) is 15.6 Å². The Morgan fingerprint density at radius 1 is 1.40 bits per heavy atom. The molecule has 1 aromatic heterocycles. The number of benzene rings is 1. The number of likely N-dealkylation sites (N-methyl/N-ethyl adjacent to an activating group) is 1. The van der Waals surface area contributed by atoms with Crippen LogP contribution in [-0.4, -0.2) is 29.1 Å². The number of para-hydroxylation sites is 1. The molecular weight excluding hydrogens is 259 g/mol. The van der Waals surface area contributed by atoms with Crippen LogP contribution in [0.15, 0.2) is 36.8 Å². The normalized spacial score (nSPS) is 10.5. The fraction of sp³-hybridized carbons (Fsp3) is 0.286. The van der Waals surface area contributed by atoms with Gasteiger partial charge in [0.05, 0.1) is 17.7 Å². The molecule has 0 spiro atoms. The van der Waals surface area contributed by atoms with Crippen molar-refractivity contribution in [3.8, 4) is 0 Å². The van der Waals surface area contributed by atoms with E-state index in [1.165, 1.54) is 12.1 Å². The number of halogens is 1. The van der Waals surface area contributed by atoms with Gasteiger partial charge >= 0.3 is 0 Å². The summed E-state index contributed by atoms with van der Waals surface area (Å²) in [5, 5.41) is 5.57. The highest BCUT2D eigenvalue weighted by atomic mass is 19.1. The quantitative estimate of drug-likeness (QED) is 0.839. The van der Waals surface area contributed by atoms with Crippen LogP contribution >= 0.6 is 0 Å². The molecule has 2 aromatic rings. The monoisotopic (exact) mass is 276 g/mol. The SMILES string of the molecule is CNCCc1cn(CC(=O)Nc2ccccc2F)cn1.